The van der Waals surface area contributed by atoms with E-state index in [0.717, 1.165) is 12.0 Å². The maximum Gasteiger partial charge on any atom is 0.269 e. The lowest BCUT2D eigenvalue weighted by Gasteiger charge is -1.95. The molecule has 0 saturated carbocycles. The lowest BCUT2D eigenvalue weighted by atomic mass is 10.1. The Morgan fingerprint density at radius 1 is 1.29 bits per heavy atom. The van der Waals surface area contributed by atoms with Gasteiger partial charge in [0.15, 0.2) is 0 Å². The number of allylic oxidation sites excluding steroid dienone is 2. The van der Waals surface area contributed by atoms with E-state index in [0.29, 0.717) is 5.88 Å². The van der Waals surface area contributed by atoms with E-state index in [1.807, 2.05) is 12.2 Å². The van der Waals surface area contributed by atoms with Gasteiger partial charge < -0.3 is 0 Å². The standard InChI is InChI=1S/C10H10ClNO2/c11-8-2-1-3-9-4-6-10(7-5-9)12(13)14/h1-2,4-7H,3,8H2. The molecule has 1 aromatic rings. The molecule has 0 bridgehead atoms. The fourth-order valence-corrected chi connectivity index (χ4v) is 1.16. The number of nitro benzene ring substituents is 1. The summed E-state index contributed by atoms with van der Waals surface area (Å²) in [5.41, 5.74) is 1.16. The number of rotatable bonds is 4. The van der Waals surface area contributed by atoms with Gasteiger partial charge >= 0.3 is 0 Å². The fourth-order valence-electron chi connectivity index (χ4n) is 1.04. The molecule has 1 rings (SSSR count). The Hall–Kier alpha value is -1.35. The SMILES string of the molecule is O=[N+]([O-])c1ccc(CC=CCCl)cc1. The molecule has 0 saturated heterocycles. The van der Waals surface area contributed by atoms with Gasteiger partial charge in [0, 0.05) is 18.0 Å². The second-order valence-corrected chi connectivity index (χ2v) is 3.06. The van der Waals surface area contributed by atoms with E-state index in [4.69, 9.17) is 11.6 Å². The molecule has 0 N–H and O–H groups in total. The minimum absolute atomic E-state index is 0.120. The molecule has 4 heteroatoms. The highest BCUT2D eigenvalue weighted by Crippen LogP contribution is 2.12. The summed E-state index contributed by atoms with van der Waals surface area (Å²) in [7, 11) is 0. The van der Waals surface area contributed by atoms with Gasteiger partial charge in [-0.2, -0.15) is 0 Å². The molecule has 0 aliphatic rings. The number of halogens is 1. The molecule has 14 heavy (non-hydrogen) atoms. The minimum Gasteiger partial charge on any atom is -0.258 e. The van der Waals surface area contributed by atoms with Crippen LogP contribution in [0, 0.1) is 10.1 Å². The summed E-state index contributed by atoms with van der Waals surface area (Å²) in [6, 6.07) is 6.50. The highest BCUT2D eigenvalue weighted by atomic mass is 35.5. The number of nitrogens with zero attached hydrogens (tertiary/aromatic N) is 1. The van der Waals surface area contributed by atoms with Crippen molar-refractivity contribution in [2.24, 2.45) is 0 Å². The van der Waals surface area contributed by atoms with E-state index >= 15 is 0 Å². The predicted octanol–water partition coefficient (Wildman–Crippen LogP) is 2.93. The molecule has 0 aliphatic carbocycles. The van der Waals surface area contributed by atoms with Gasteiger partial charge in [-0.05, 0) is 12.0 Å². The van der Waals surface area contributed by atoms with Crippen LogP contribution in [0.25, 0.3) is 0 Å². The lowest BCUT2D eigenvalue weighted by molar-refractivity contribution is -0.384. The maximum atomic E-state index is 10.3. The summed E-state index contributed by atoms with van der Waals surface area (Å²) in [6.07, 6.45) is 4.54. The molecule has 0 fully saturated rings. The first kappa shape index (κ1) is 10.7. The normalized spacial score (nSPS) is 10.6. The van der Waals surface area contributed by atoms with E-state index in [1.54, 1.807) is 12.1 Å². The number of nitro groups is 1. The third-order valence-electron chi connectivity index (χ3n) is 1.76. The van der Waals surface area contributed by atoms with E-state index in [1.165, 1.54) is 12.1 Å². The number of non-ortho nitro benzene ring substituents is 1. The van der Waals surface area contributed by atoms with Crippen LogP contribution in [-0.2, 0) is 6.42 Å². The van der Waals surface area contributed by atoms with Gasteiger partial charge in [-0.3, -0.25) is 10.1 Å². The van der Waals surface area contributed by atoms with Crippen molar-refractivity contribution < 1.29 is 4.92 Å². The van der Waals surface area contributed by atoms with Crippen LogP contribution >= 0.6 is 11.6 Å². The fraction of sp³-hybridized carbons (Fsp3) is 0.200. The van der Waals surface area contributed by atoms with Crippen LogP contribution < -0.4 is 0 Å². The van der Waals surface area contributed by atoms with Crippen molar-refractivity contribution in [3.8, 4) is 0 Å². The largest absolute Gasteiger partial charge is 0.269 e. The predicted molar refractivity (Wildman–Crippen MR) is 56.7 cm³/mol. The Labute approximate surface area is 87.2 Å². The van der Waals surface area contributed by atoms with Crippen LogP contribution in [-0.4, -0.2) is 10.8 Å². The average Bonchev–Trinajstić information content (AvgIpc) is 2.19. The van der Waals surface area contributed by atoms with Gasteiger partial charge in [-0.1, -0.05) is 24.3 Å². The third-order valence-corrected chi connectivity index (χ3v) is 1.93. The number of alkyl halides is 1. The van der Waals surface area contributed by atoms with Crippen LogP contribution in [0.1, 0.15) is 5.56 Å². The molecule has 0 radical (unpaired) electrons. The molecule has 74 valence electrons. The van der Waals surface area contributed by atoms with E-state index in [2.05, 4.69) is 0 Å². The lowest BCUT2D eigenvalue weighted by Crippen LogP contribution is -1.88. The zero-order valence-electron chi connectivity index (χ0n) is 7.52. The molecule has 0 unspecified atom stereocenters. The summed E-state index contributed by atoms with van der Waals surface area (Å²) in [6.45, 7) is 0. The Morgan fingerprint density at radius 2 is 1.93 bits per heavy atom. The Balaban J connectivity index is 2.64. The van der Waals surface area contributed by atoms with Crippen molar-refractivity contribution in [1.82, 2.24) is 0 Å². The van der Waals surface area contributed by atoms with Gasteiger partial charge in [-0.25, -0.2) is 0 Å². The Kier molecular flexibility index (Phi) is 4.13. The molecule has 0 atom stereocenters. The van der Waals surface area contributed by atoms with Crippen molar-refractivity contribution in [3.05, 3.63) is 52.1 Å². The summed E-state index contributed by atoms with van der Waals surface area (Å²) in [4.78, 5) is 9.94. The maximum absolute atomic E-state index is 10.3. The average molecular weight is 212 g/mol. The first-order valence-electron chi connectivity index (χ1n) is 4.18. The molecule has 0 heterocycles. The van der Waals surface area contributed by atoms with Crippen LogP contribution in [0.3, 0.4) is 0 Å². The van der Waals surface area contributed by atoms with Crippen LogP contribution in [0.4, 0.5) is 5.69 Å². The smallest absolute Gasteiger partial charge is 0.258 e. The van der Waals surface area contributed by atoms with Crippen molar-refractivity contribution >= 4 is 17.3 Å². The summed E-state index contributed by atoms with van der Waals surface area (Å²) in [5.74, 6) is 0.493. The second-order valence-electron chi connectivity index (χ2n) is 2.75. The van der Waals surface area contributed by atoms with Crippen LogP contribution in [0.2, 0.25) is 0 Å². The zero-order chi connectivity index (χ0) is 10.4. The topological polar surface area (TPSA) is 43.1 Å². The van der Waals surface area contributed by atoms with E-state index in [9.17, 15) is 10.1 Å². The third kappa shape index (κ3) is 3.18. The van der Waals surface area contributed by atoms with Gasteiger partial charge in [-0.15, -0.1) is 11.6 Å². The minimum atomic E-state index is -0.404. The highest BCUT2D eigenvalue weighted by Gasteiger charge is 2.02. The molecule has 0 spiro atoms. The second kappa shape index (κ2) is 5.40. The monoisotopic (exact) mass is 211 g/mol. The van der Waals surface area contributed by atoms with E-state index in [-0.39, 0.29) is 5.69 Å². The molecule has 0 aliphatic heterocycles. The molecule has 0 aromatic heterocycles. The quantitative estimate of drug-likeness (QED) is 0.333. The Morgan fingerprint density at radius 3 is 2.43 bits per heavy atom. The molecular formula is C10H10ClNO2. The Bertz CT molecular complexity index is 332. The molecule has 0 amide bonds. The van der Waals surface area contributed by atoms with Crippen molar-refractivity contribution in [1.29, 1.82) is 0 Å². The van der Waals surface area contributed by atoms with Crippen molar-refractivity contribution in [2.45, 2.75) is 6.42 Å². The van der Waals surface area contributed by atoms with Gasteiger partial charge in [0.25, 0.3) is 5.69 Å². The van der Waals surface area contributed by atoms with Crippen molar-refractivity contribution in [3.63, 3.8) is 0 Å². The van der Waals surface area contributed by atoms with Gasteiger partial charge in [0.2, 0.25) is 0 Å². The van der Waals surface area contributed by atoms with E-state index < -0.39 is 4.92 Å². The van der Waals surface area contributed by atoms with Crippen LogP contribution in [0.5, 0.6) is 0 Å². The van der Waals surface area contributed by atoms with Crippen molar-refractivity contribution in [2.75, 3.05) is 5.88 Å². The number of hydrogen-bond donors (Lipinski definition) is 0. The summed E-state index contributed by atoms with van der Waals surface area (Å²) in [5, 5.41) is 10.3. The van der Waals surface area contributed by atoms with Crippen LogP contribution in [0.15, 0.2) is 36.4 Å². The number of benzene rings is 1. The number of hydrogen-bond acceptors (Lipinski definition) is 2. The summed E-state index contributed by atoms with van der Waals surface area (Å²) >= 11 is 5.46. The molecule has 1 aromatic carbocycles. The van der Waals surface area contributed by atoms with Gasteiger partial charge in [0.1, 0.15) is 0 Å². The first-order valence-corrected chi connectivity index (χ1v) is 4.72. The zero-order valence-corrected chi connectivity index (χ0v) is 8.28. The first-order chi connectivity index (χ1) is 6.74. The summed E-state index contributed by atoms with van der Waals surface area (Å²) < 4.78 is 0. The molecule has 3 nitrogen and oxygen atoms in total. The van der Waals surface area contributed by atoms with Gasteiger partial charge in [0.05, 0.1) is 4.92 Å². The highest BCUT2D eigenvalue weighted by molar-refractivity contribution is 6.18. The molecular weight excluding hydrogens is 202 g/mol.